The van der Waals surface area contributed by atoms with Crippen molar-refractivity contribution in [3.05, 3.63) is 29.2 Å². The Balaban J connectivity index is 1.58. The molecule has 4 rings (SSSR count). The summed E-state index contributed by atoms with van der Waals surface area (Å²) < 4.78 is 0. The molecule has 0 unspecified atom stereocenters. The highest BCUT2D eigenvalue weighted by Gasteiger charge is 2.35. The summed E-state index contributed by atoms with van der Waals surface area (Å²) in [6.07, 6.45) is 4.70. The van der Waals surface area contributed by atoms with Crippen molar-refractivity contribution >= 4 is 17.7 Å². The van der Waals surface area contributed by atoms with Gasteiger partial charge in [0, 0.05) is 30.9 Å². The van der Waals surface area contributed by atoms with Crippen molar-refractivity contribution in [1.29, 1.82) is 0 Å². The van der Waals surface area contributed by atoms with Gasteiger partial charge in [-0.05, 0) is 31.1 Å². The highest BCUT2D eigenvalue weighted by atomic mass is 16.3. The van der Waals surface area contributed by atoms with Gasteiger partial charge in [-0.1, -0.05) is 13.8 Å². The van der Waals surface area contributed by atoms with E-state index in [1.807, 2.05) is 6.20 Å². The lowest BCUT2D eigenvalue weighted by molar-refractivity contribution is 0.0914. The maximum absolute atomic E-state index is 12.6. The molecule has 1 saturated heterocycles. The van der Waals surface area contributed by atoms with Crippen LogP contribution in [0, 0.1) is 5.41 Å². The number of amides is 1. The molecular weight excluding hydrogens is 358 g/mol. The van der Waals surface area contributed by atoms with Gasteiger partial charge in [-0.2, -0.15) is 5.10 Å². The van der Waals surface area contributed by atoms with Gasteiger partial charge in [0.15, 0.2) is 0 Å². The van der Waals surface area contributed by atoms with E-state index in [4.69, 9.17) is 10.7 Å². The Morgan fingerprint density at radius 1 is 1.39 bits per heavy atom. The first-order chi connectivity index (χ1) is 13.3. The average molecular weight is 385 g/mol. The Kier molecular flexibility index (Phi) is 4.70. The van der Waals surface area contributed by atoms with Crippen molar-refractivity contribution < 1.29 is 9.90 Å². The fraction of sp³-hybridized carbons (Fsp3) is 0.579. The summed E-state index contributed by atoms with van der Waals surface area (Å²) in [5.41, 5.74) is 7.88. The molecule has 9 heteroatoms. The second-order valence-corrected chi connectivity index (χ2v) is 8.57. The number of nitrogens with two attached hydrogens (primary N) is 1. The third-order valence-corrected chi connectivity index (χ3v) is 5.56. The summed E-state index contributed by atoms with van der Waals surface area (Å²) in [7, 11) is 0. The van der Waals surface area contributed by atoms with Crippen LogP contribution in [0.1, 0.15) is 60.9 Å². The van der Waals surface area contributed by atoms with Crippen molar-refractivity contribution in [1.82, 2.24) is 25.5 Å². The zero-order valence-corrected chi connectivity index (χ0v) is 16.3. The Labute approximate surface area is 163 Å². The predicted molar refractivity (Wildman–Crippen MR) is 105 cm³/mol. The minimum absolute atomic E-state index is 0.00166. The van der Waals surface area contributed by atoms with Crippen molar-refractivity contribution in [3.8, 4) is 0 Å². The van der Waals surface area contributed by atoms with E-state index in [0.717, 1.165) is 50.0 Å². The van der Waals surface area contributed by atoms with Gasteiger partial charge in [0.1, 0.15) is 11.5 Å². The Hall–Kier alpha value is -2.68. The first kappa shape index (κ1) is 18.7. The second-order valence-electron chi connectivity index (χ2n) is 8.57. The van der Waals surface area contributed by atoms with Crippen LogP contribution < -0.4 is 16.0 Å². The lowest BCUT2D eigenvalue weighted by Crippen LogP contribution is -2.39. The number of fused-ring (bicyclic) bond motifs is 1. The lowest BCUT2D eigenvalue weighted by atomic mass is 9.74. The largest absolute Gasteiger partial charge is 0.393 e. The van der Waals surface area contributed by atoms with E-state index < -0.39 is 0 Å². The Morgan fingerprint density at radius 3 is 2.82 bits per heavy atom. The van der Waals surface area contributed by atoms with Crippen molar-refractivity contribution in [2.24, 2.45) is 5.41 Å². The normalized spacial score (nSPS) is 22.0. The smallest absolute Gasteiger partial charge is 0.269 e. The van der Waals surface area contributed by atoms with E-state index >= 15 is 0 Å². The fourth-order valence-electron chi connectivity index (χ4n) is 4.07. The summed E-state index contributed by atoms with van der Waals surface area (Å²) in [6, 6.07) is 1.35. The number of H-pyrrole nitrogens is 1. The minimum atomic E-state index is -0.244. The zero-order valence-electron chi connectivity index (χ0n) is 16.3. The number of aromatic amines is 1. The predicted octanol–water partition coefficient (Wildman–Crippen LogP) is 1.19. The van der Waals surface area contributed by atoms with E-state index in [1.54, 1.807) is 0 Å². The van der Waals surface area contributed by atoms with Gasteiger partial charge in [-0.3, -0.25) is 9.89 Å². The van der Waals surface area contributed by atoms with E-state index in [9.17, 15) is 9.90 Å². The quantitative estimate of drug-likeness (QED) is 0.623. The number of carbonyl (C=O) groups is 1. The number of anilines is 2. The monoisotopic (exact) mass is 385 g/mol. The lowest BCUT2D eigenvalue weighted by Gasteiger charge is -2.37. The molecule has 2 aliphatic rings. The summed E-state index contributed by atoms with van der Waals surface area (Å²) in [5, 5.41) is 19.3. The molecule has 1 fully saturated rings. The average Bonchev–Trinajstić information content (AvgIpc) is 3.07. The molecule has 9 nitrogen and oxygen atoms in total. The number of nitrogens with one attached hydrogen (secondary N) is 2. The number of carbonyl (C=O) groups excluding carboxylic acids is 1. The minimum Gasteiger partial charge on any atom is -0.393 e. The highest BCUT2D eigenvalue weighted by molar-refractivity contribution is 5.93. The molecule has 1 aliphatic carbocycles. The number of nitrogens with zero attached hydrogens (tertiary/aromatic N) is 4. The molecule has 28 heavy (non-hydrogen) atoms. The van der Waals surface area contributed by atoms with Crippen LogP contribution in [-0.2, 0) is 6.42 Å². The fourth-order valence-corrected chi connectivity index (χ4v) is 4.07. The number of hydrogen-bond donors (Lipinski definition) is 4. The third-order valence-electron chi connectivity index (χ3n) is 5.56. The molecule has 0 radical (unpaired) electrons. The van der Waals surface area contributed by atoms with Crippen LogP contribution in [0.2, 0.25) is 0 Å². The number of aliphatic hydroxyl groups excluding tert-OH is 1. The third kappa shape index (κ3) is 3.80. The maximum Gasteiger partial charge on any atom is 0.269 e. The van der Waals surface area contributed by atoms with Crippen LogP contribution in [0.5, 0.6) is 0 Å². The van der Waals surface area contributed by atoms with Crippen LogP contribution in [0.15, 0.2) is 12.3 Å². The first-order valence-electron chi connectivity index (χ1n) is 9.71. The molecule has 2 aromatic rings. The van der Waals surface area contributed by atoms with Gasteiger partial charge in [0.05, 0.1) is 17.8 Å². The van der Waals surface area contributed by atoms with Crippen molar-refractivity contribution in [2.45, 2.75) is 51.7 Å². The molecule has 0 bridgehead atoms. The van der Waals surface area contributed by atoms with Gasteiger partial charge >= 0.3 is 0 Å². The number of aromatic nitrogens is 4. The number of nitrogen functional groups attached to an aromatic ring is 1. The topological polar surface area (TPSA) is 133 Å². The molecule has 1 amide bonds. The summed E-state index contributed by atoms with van der Waals surface area (Å²) in [6.45, 7) is 5.88. The number of piperidine rings is 1. The van der Waals surface area contributed by atoms with Gasteiger partial charge in [-0.15, -0.1) is 0 Å². The van der Waals surface area contributed by atoms with Gasteiger partial charge in [-0.25, -0.2) is 9.97 Å². The highest BCUT2D eigenvalue weighted by Crippen LogP contribution is 2.40. The standard InChI is InChI=1S/C19H27N7O2/c1-19(2)8-14(22-17(28)13-7-16(20)25-24-13)12-10-21-18(23-15(12)9-19)26-5-3-11(27)4-6-26/h7,10-11,14,27H,3-6,8-9H2,1-2H3,(H,22,28)(H3,20,24,25)/t14-/m0/s1. The molecule has 5 N–H and O–H groups in total. The molecular formula is C19H27N7O2. The van der Waals surface area contributed by atoms with E-state index in [2.05, 4.69) is 39.2 Å². The summed E-state index contributed by atoms with van der Waals surface area (Å²) >= 11 is 0. The Bertz CT molecular complexity index is 871. The second kappa shape index (κ2) is 7.05. The molecule has 1 atom stereocenters. The van der Waals surface area contributed by atoms with E-state index in [-0.39, 0.29) is 29.3 Å². The summed E-state index contributed by atoms with van der Waals surface area (Å²) in [4.78, 5) is 24.1. The van der Waals surface area contributed by atoms with Crippen LogP contribution in [-0.4, -0.2) is 50.4 Å². The molecule has 0 saturated carbocycles. The van der Waals surface area contributed by atoms with Crippen LogP contribution in [0.25, 0.3) is 0 Å². The molecule has 3 heterocycles. The van der Waals surface area contributed by atoms with Crippen LogP contribution >= 0.6 is 0 Å². The Morgan fingerprint density at radius 2 is 2.14 bits per heavy atom. The SMILES string of the molecule is CC1(C)Cc2nc(N3CCC(O)CC3)ncc2[C@@H](NC(=O)c2cc(N)n[nH]2)C1. The molecule has 0 aromatic carbocycles. The van der Waals surface area contributed by atoms with E-state index in [0.29, 0.717) is 11.6 Å². The molecule has 1 aliphatic heterocycles. The number of rotatable bonds is 3. The van der Waals surface area contributed by atoms with Gasteiger partial charge < -0.3 is 21.1 Å². The molecule has 2 aromatic heterocycles. The van der Waals surface area contributed by atoms with Gasteiger partial charge in [0.25, 0.3) is 5.91 Å². The first-order valence-corrected chi connectivity index (χ1v) is 9.71. The number of aliphatic hydroxyl groups is 1. The van der Waals surface area contributed by atoms with Crippen molar-refractivity contribution in [2.75, 3.05) is 23.7 Å². The van der Waals surface area contributed by atoms with Crippen molar-refractivity contribution in [3.63, 3.8) is 0 Å². The van der Waals surface area contributed by atoms with Crippen LogP contribution in [0.4, 0.5) is 11.8 Å². The van der Waals surface area contributed by atoms with Crippen LogP contribution in [0.3, 0.4) is 0 Å². The maximum atomic E-state index is 12.6. The zero-order chi connectivity index (χ0) is 19.9. The van der Waals surface area contributed by atoms with E-state index in [1.165, 1.54) is 6.07 Å². The molecule has 150 valence electrons. The van der Waals surface area contributed by atoms with Gasteiger partial charge in [0.2, 0.25) is 5.95 Å². The summed E-state index contributed by atoms with van der Waals surface area (Å²) in [5.74, 6) is 0.746. The molecule has 0 spiro atoms. The number of hydrogen-bond acceptors (Lipinski definition) is 7.